The van der Waals surface area contributed by atoms with Gasteiger partial charge < -0.3 is 24.3 Å². The monoisotopic (exact) mass is 451 g/mol. The van der Waals surface area contributed by atoms with Crippen molar-refractivity contribution >= 4 is 28.9 Å². The Hall–Kier alpha value is -4.07. The van der Waals surface area contributed by atoms with Crippen LogP contribution in [0.1, 0.15) is 30.5 Å². The van der Waals surface area contributed by atoms with Gasteiger partial charge in [-0.15, -0.1) is 0 Å². The van der Waals surface area contributed by atoms with Crippen LogP contribution in [0.15, 0.2) is 57.8 Å². The van der Waals surface area contributed by atoms with E-state index in [1.165, 1.54) is 25.1 Å². The lowest BCUT2D eigenvalue weighted by Crippen LogP contribution is -2.38. The molecule has 0 saturated carbocycles. The van der Waals surface area contributed by atoms with Gasteiger partial charge in [-0.2, -0.15) is 0 Å². The van der Waals surface area contributed by atoms with E-state index in [2.05, 4.69) is 5.32 Å². The molecule has 1 heterocycles. The maximum absolute atomic E-state index is 12.4. The minimum atomic E-state index is -0.903. The van der Waals surface area contributed by atoms with Crippen LogP contribution >= 0.6 is 0 Å². The van der Waals surface area contributed by atoms with Crippen LogP contribution in [-0.4, -0.2) is 30.1 Å². The molecule has 0 fully saturated rings. The molecule has 2 N–H and O–H groups in total. The zero-order valence-corrected chi connectivity index (χ0v) is 18.6. The molecule has 0 saturated heterocycles. The van der Waals surface area contributed by atoms with Gasteiger partial charge in [-0.05, 0) is 48.7 Å². The lowest BCUT2D eigenvalue weighted by Gasteiger charge is -2.13. The number of benzene rings is 2. The number of nitrogens with one attached hydrogen (secondary N) is 1. The number of aromatic hydroxyl groups is 1. The molecule has 1 atom stereocenters. The van der Waals surface area contributed by atoms with E-state index in [9.17, 15) is 19.5 Å². The summed E-state index contributed by atoms with van der Waals surface area (Å²) in [4.78, 5) is 36.4. The summed E-state index contributed by atoms with van der Waals surface area (Å²) in [6.45, 7) is 3.20. The van der Waals surface area contributed by atoms with Crippen molar-refractivity contribution in [2.75, 3.05) is 7.11 Å². The van der Waals surface area contributed by atoms with Gasteiger partial charge in [0.25, 0.3) is 0 Å². The van der Waals surface area contributed by atoms with Crippen LogP contribution in [-0.2, 0) is 27.4 Å². The Morgan fingerprint density at radius 1 is 1.15 bits per heavy atom. The third-order valence-corrected chi connectivity index (χ3v) is 5.04. The van der Waals surface area contributed by atoms with E-state index in [0.717, 1.165) is 5.56 Å². The number of carbonyl (C=O) groups is 2. The number of hydrogen-bond donors (Lipinski definition) is 2. The molecular formula is C25H25NO7. The van der Waals surface area contributed by atoms with Crippen molar-refractivity contribution in [3.63, 3.8) is 0 Å². The second-order valence-corrected chi connectivity index (χ2v) is 7.37. The fraction of sp³-hybridized carbons (Fsp3) is 0.240. The van der Waals surface area contributed by atoms with Gasteiger partial charge in [0.15, 0.2) is 0 Å². The minimum Gasteiger partial charge on any atom is -0.508 e. The maximum atomic E-state index is 12.4. The summed E-state index contributed by atoms with van der Waals surface area (Å²) in [5.41, 5.74) is 1.50. The normalized spacial score (nSPS) is 12.0. The van der Waals surface area contributed by atoms with Crippen molar-refractivity contribution in [3.05, 3.63) is 75.7 Å². The van der Waals surface area contributed by atoms with E-state index < -0.39 is 23.5 Å². The van der Waals surface area contributed by atoms with E-state index in [0.29, 0.717) is 28.7 Å². The highest BCUT2D eigenvalue weighted by molar-refractivity contribution is 5.94. The highest BCUT2D eigenvalue weighted by Crippen LogP contribution is 2.27. The largest absolute Gasteiger partial charge is 0.508 e. The van der Waals surface area contributed by atoms with Gasteiger partial charge in [0, 0.05) is 29.2 Å². The molecule has 0 spiro atoms. The summed E-state index contributed by atoms with van der Waals surface area (Å²) >= 11 is 0. The van der Waals surface area contributed by atoms with Crippen LogP contribution in [0.25, 0.3) is 17.0 Å². The number of hydrogen-bond acceptors (Lipinski definition) is 7. The molecule has 8 nitrogen and oxygen atoms in total. The number of esters is 1. The lowest BCUT2D eigenvalue weighted by atomic mass is 10.0. The van der Waals surface area contributed by atoms with Crippen molar-refractivity contribution in [2.45, 2.75) is 32.9 Å². The molecule has 0 aliphatic rings. The number of aryl methyl sites for hydroxylation is 1. The van der Waals surface area contributed by atoms with Crippen molar-refractivity contribution in [1.82, 2.24) is 5.32 Å². The van der Waals surface area contributed by atoms with E-state index in [1.807, 2.05) is 6.92 Å². The van der Waals surface area contributed by atoms with Crippen LogP contribution in [0.3, 0.4) is 0 Å². The second kappa shape index (κ2) is 10.5. The first kappa shape index (κ1) is 23.6. The molecule has 33 heavy (non-hydrogen) atoms. The van der Waals surface area contributed by atoms with E-state index in [-0.39, 0.29) is 17.9 Å². The number of fused-ring (bicyclic) bond motifs is 1. The smallest absolute Gasteiger partial charge is 0.336 e. The van der Waals surface area contributed by atoms with Crippen molar-refractivity contribution in [3.8, 4) is 11.5 Å². The molecule has 8 heteroatoms. The molecule has 3 aromatic rings. The first-order valence-electron chi connectivity index (χ1n) is 10.4. The molecule has 3 rings (SSSR count). The average molecular weight is 451 g/mol. The van der Waals surface area contributed by atoms with Gasteiger partial charge >= 0.3 is 11.6 Å². The Labute approximate surface area is 190 Å². The number of phenolic OH excluding ortho intramolecular Hbond substituents is 1. The number of rotatable bonds is 8. The SMILES string of the molecule is CCc1cc2c(COC(=O)C(C)NC(=O)C=Cc3ccc(OC)cc3)cc(=O)oc2cc1O. The molecule has 1 amide bonds. The molecule has 0 bridgehead atoms. The predicted molar refractivity (Wildman–Crippen MR) is 123 cm³/mol. The Morgan fingerprint density at radius 2 is 1.88 bits per heavy atom. The van der Waals surface area contributed by atoms with Crippen LogP contribution < -0.4 is 15.7 Å². The van der Waals surface area contributed by atoms with Gasteiger partial charge in [-0.3, -0.25) is 4.79 Å². The second-order valence-electron chi connectivity index (χ2n) is 7.37. The lowest BCUT2D eigenvalue weighted by molar-refractivity contribution is -0.148. The van der Waals surface area contributed by atoms with Crippen LogP contribution in [0, 0.1) is 0 Å². The van der Waals surface area contributed by atoms with Crippen molar-refractivity contribution in [1.29, 1.82) is 0 Å². The first-order valence-corrected chi connectivity index (χ1v) is 10.4. The highest BCUT2D eigenvalue weighted by Gasteiger charge is 2.17. The third kappa shape index (κ3) is 6.00. The Kier molecular flexibility index (Phi) is 7.50. The Bertz CT molecular complexity index is 1240. The van der Waals surface area contributed by atoms with Crippen LogP contribution in [0.4, 0.5) is 0 Å². The summed E-state index contributed by atoms with van der Waals surface area (Å²) in [5, 5.41) is 13.1. The molecule has 0 radical (unpaired) electrons. The Balaban J connectivity index is 1.63. The molecule has 1 unspecified atom stereocenters. The number of amides is 1. The topological polar surface area (TPSA) is 115 Å². The fourth-order valence-corrected chi connectivity index (χ4v) is 3.19. The third-order valence-electron chi connectivity index (χ3n) is 5.04. The molecule has 172 valence electrons. The van der Waals surface area contributed by atoms with Crippen LogP contribution in [0.2, 0.25) is 0 Å². The molecular weight excluding hydrogens is 426 g/mol. The minimum absolute atomic E-state index is 0.0290. The van der Waals surface area contributed by atoms with Crippen LogP contribution in [0.5, 0.6) is 11.5 Å². The number of carbonyl (C=O) groups excluding carboxylic acids is 2. The predicted octanol–water partition coefficient (Wildman–Crippen LogP) is 3.33. The fourth-order valence-electron chi connectivity index (χ4n) is 3.19. The summed E-state index contributed by atoms with van der Waals surface area (Å²) in [6, 6.07) is 10.6. The van der Waals surface area contributed by atoms with Gasteiger partial charge in [0.05, 0.1) is 7.11 Å². The Morgan fingerprint density at radius 3 is 2.55 bits per heavy atom. The first-order chi connectivity index (χ1) is 15.8. The standard InChI is InChI=1S/C25H25NO7/c1-4-17-11-20-18(12-24(29)33-22(20)13-21(17)27)14-32-25(30)15(2)26-23(28)10-7-16-5-8-19(31-3)9-6-16/h5-13,15,27H,4,14H2,1-3H3,(H,26,28). The van der Waals surface area contributed by atoms with Gasteiger partial charge in [-0.25, -0.2) is 9.59 Å². The zero-order valence-electron chi connectivity index (χ0n) is 18.6. The van der Waals surface area contributed by atoms with Gasteiger partial charge in [-0.1, -0.05) is 19.1 Å². The summed E-state index contributed by atoms with van der Waals surface area (Å²) in [7, 11) is 1.57. The molecule has 2 aromatic carbocycles. The number of phenols is 1. The molecule has 0 aliphatic heterocycles. The van der Waals surface area contributed by atoms with Crippen molar-refractivity contribution in [2.24, 2.45) is 0 Å². The van der Waals surface area contributed by atoms with Gasteiger partial charge in [0.2, 0.25) is 5.91 Å². The number of ether oxygens (including phenoxy) is 2. The number of methoxy groups -OCH3 is 1. The van der Waals surface area contributed by atoms with E-state index in [1.54, 1.807) is 43.5 Å². The maximum Gasteiger partial charge on any atom is 0.336 e. The average Bonchev–Trinajstić information content (AvgIpc) is 2.80. The molecule has 0 aliphatic carbocycles. The summed E-state index contributed by atoms with van der Waals surface area (Å²) in [5.74, 6) is -0.373. The summed E-state index contributed by atoms with van der Waals surface area (Å²) < 4.78 is 15.5. The van der Waals surface area contributed by atoms with Gasteiger partial charge in [0.1, 0.15) is 29.7 Å². The highest BCUT2D eigenvalue weighted by atomic mass is 16.5. The van der Waals surface area contributed by atoms with Crippen molar-refractivity contribution < 1.29 is 28.6 Å². The zero-order chi connectivity index (χ0) is 24.0. The summed E-state index contributed by atoms with van der Waals surface area (Å²) in [6.07, 6.45) is 3.51. The quantitative estimate of drug-likeness (QED) is 0.307. The van der Waals surface area contributed by atoms with E-state index in [4.69, 9.17) is 13.9 Å². The molecule has 1 aromatic heterocycles. The van der Waals surface area contributed by atoms with E-state index >= 15 is 0 Å².